The quantitative estimate of drug-likeness (QED) is 0.814. The molecule has 1 N–H and O–H groups in total. The van der Waals surface area contributed by atoms with E-state index in [1.807, 2.05) is 12.3 Å². The summed E-state index contributed by atoms with van der Waals surface area (Å²) >= 11 is 0. The second-order valence-electron chi connectivity index (χ2n) is 5.10. The van der Waals surface area contributed by atoms with Crippen LogP contribution in [0.15, 0.2) is 29.2 Å². The summed E-state index contributed by atoms with van der Waals surface area (Å²) in [4.78, 5) is 14.0. The monoisotopic (exact) mass is 249 g/mol. The van der Waals surface area contributed by atoms with Crippen molar-refractivity contribution >= 4 is 0 Å². The van der Waals surface area contributed by atoms with Crippen LogP contribution >= 0.6 is 0 Å². The van der Waals surface area contributed by atoms with Crippen molar-refractivity contribution in [3.63, 3.8) is 0 Å². The zero-order chi connectivity index (χ0) is 12.8. The number of pyridine rings is 1. The van der Waals surface area contributed by atoms with Gasteiger partial charge in [-0.25, -0.2) is 0 Å². The van der Waals surface area contributed by atoms with Crippen molar-refractivity contribution in [2.75, 3.05) is 26.2 Å². The lowest BCUT2D eigenvalue weighted by atomic mass is 10.3. The molecule has 1 aromatic heterocycles. The molecule has 0 amide bonds. The van der Waals surface area contributed by atoms with Crippen molar-refractivity contribution in [3.8, 4) is 0 Å². The molecule has 0 spiro atoms. The molecule has 4 heteroatoms. The first-order valence-electron chi connectivity index (χ1n) is 6.87. The maximum absolute atomic E-state index is 11.5. The molecule has 0 bridgehead atoms. The summed E-state index contributed by atoms with van der Waals surface area (Å²) in [6.45, 7) is 7.40. The lowest BCUT2D eigenvalue weighted by Gasteiger charge is -2.21. The molecule has 0 saturated carbocycles. The summed E-state index contributed by atoms with van der Waals surface area (Å²) in [6, 6.07) is 5.77. The third kappa shape index (κ3) is 3.96. The van der Waals surface area contributed by atoms with Crippen LogP contribution in [0.2, 0.25) is 0 Å². The number of nitrogens with zero attached hydrogens (tertiary/aromatic N) is 2. The van der Waals surface area contributed by atoms with Crippen LogP contribution < -0.4 is 10.9 Å². The van der Waals surface area contributed by atoms with Crippen LogP contribution in [0.3, 0.4) is 0 Å². The number of likely N-dealkylation sites (tertiary alicyclic amines) is 1. The molecule has 0 aromatic carbocycles. The average molecular weight is 249 g/mol. The second-order valence-corrected chi connectivity index (χ2v) is 5.10. The highest BCUT2D eigenvalue weighted by Gasteiger charge is 2.13. The molecule has 1 saturated heterocycles. The molecule has 1 aliphatic rings. The van der Waals surface area contributed by atoms with Crippen LogP contribution in [0.4, 0.5) is 0 Å². The summed E-state index contributed by atoms with van der Waals surface area (Å²) in [5.41, 5.74) is 0.0755. The molecule has 1 atom stereocenters. The van der Waals surface area contributed by atoms with Gasteiger partial charge in [0.15, 0.2) is 0 Å². The Hall–Kier alpha value is -1.13. The Kier molecular flexibility index (Phi) is 4.96. The summed E-state index contributed by atoms with van der Waals surface area (Å²) in [5.74, 6) is 0. The Labute approximate surface area is 109 Å². The second kappa shape index (κ2) is 6.71. The number of hydrogen-bond acceptors (Lipinski definition) is 3. The first-order chi connectivity index (χ1) is 8.75. The fourth-order valence-electron chi connectivity index (χ4n) is 2.49. The Bertz CT molecular complexity index is 410. The zero-order valence-corrected chi connectivity index (χ0v) is 11.1. The Morgan fingerprint density at radius 3 is 2.83 bits per heavy atom. The highest BCUT2D eigenvalue weighted by atomic mass is 16.1. The van der Waals surface area contributed by atoms with E-state index in [-0.39, 0.29) is 5.56 Å². The maximum atomic E-state index is 11.5. The van der Waals surface area contributed by atoms with Crippen LogP contribution in [0, 0.1) is 0 Å². The third-order valence-corrected chi connectivity index (χ3v) is 3.48. The molecular weight excluding hydrogens is 226 g/mol. The van der Waals surface area contributed by atoms with Crippen molar-refractivity contribution in [1.82, 2.24) is 14.8 Å². The van der Waals surface area contributed by atoms with Crippen LogP contribution in [0.25, 0.3) is 0 Å². The SMILES string of the molecule is CC(CN1CCCC1)NCCn1ccccc1=O. The van der Waals surface area contributed by atoms with E-state index < -0.39 is 0 Å². The van der Waals surface area contributed by atoms with Crippen molar-refractivity contribution in [1.29, 1.82) is 0 Å². The minimum Gasteiger partial charge on any atom is -0.314 e. The minimum atomic E-state index is 0.0755. The third-order valence-electron chi connectivity index (χ3n) is 3.48. The van der Waals surface area contributed by atoms with E-state index in [0.29, 0.717) is 6.04 Å². The molecule has 1 unspecified atom stereocenters. The van der Waals surface area contributed by atoms with Crippen molar-refractivity contribution < 1.29 is 0 Å². The summed E-state index contributed by atoms with van der Waals surface area (Å²) < 4.78 is 1.75. The first kappa shape index (κ1) is 13.3. The number of aromatic nitrogens is 1. The van der Waals surface area contributed by atoms with Gasteiger partial charge in [-0.15, -0.1) is 0 Å². The number of rotatable bonds is 6. The Balaban J connectivity index is 1.68. The highest BCUT2D eigenvalue weighted by molar-refractivity contribution is 4.93. The number of hydrogen-bond donors (Lipinski definition) is 1. The van der Waals surface area contributed by atoms with E-state index in [0.717, 1.165) is 19.6 Å². The van der Waals surface area contributed by atoms with Crippen molar-refractivity contribution in [2.24, 2.45) is 0 Å². The van der Waals surface area contributed by atoms with E-state index in [4.69, 9.17) is 0 Å². The fourth-order valence-corrected chi connectivity index (χ4v) is 2.49. The van der Waals surface area contributed by atoms with E-state index in [2.05, 4.69) is 17.1 Å². The molecule has 18 heavy (non-hydrogen) atoms. The molecule has 1 aromatic rings. The van der Waals surface area contributed by atoms with Crippen LogP contribution in [0.5, 0.6) is 0 Å². The van der Waals surface area contributed by atoms with Crippen LogP contribution in [-0.4, -0.2) is 41.7 Å². The molecule has 100 valence electrons. The van der Waals surface area contributed by atoms with Gasteiger partial charge < -0.3 is 14.8 Å². The highest BCUT2D eigenvalue weighted by Crippen LogP contribution is 2.07. The molecule has 2 rings (SSSR count). The normalized spacial score (nSPS) is 18.1. The van der Waals surface area contributed by atoms with Crippen LogP contribution in [0.1, 0.15) is 19.8 Å². The fraction of sp³-hybridized carbons (Fsp3) is 0.643. The van der Waals surface area contributed by atoms with Gasteiger partial charge in [-0.1, -0.05) is 6.07 Å². The van der Waals surface area contributed by atoms with E-state index >= 15 is 0 Å². The molecule has 4 nitrogen and oxygen atoms in total. The Morgan fingerprint density at radius 2 is 2.11 bits per heavy atom. The standard InChI is InChI=1S/C14H23N3O/c1-13(12-16-8-4-5-9-16)15-7-11-17-10-3-2-6-14(17)18/h2-3,6,10,13,15H,4-5,7-9,11-12H2,1H3. The van der Waals surface area contributed by atoms with Gasteiger partial charge in [-0.2, -0.15) is 0 Å². The van der Waals surface area contributed by atoms with Gasteiger partial charge in [0.1, 0.15) is 0 Å². The Morgan fingerprint density at radius 1 is 1.33 bits per heavy atom. The average Bonchev–Trinajstić information content (AvgIpc) is 2.84. The van der Waals surface area contributed by atoms with Crippen LogP contribution in [-0.2, 0) is 6.54 Å². The van der Waals surface area contributed by atoms with E-state index in [1.165, 1.54) is 25.9 Å². The van der Waals surface area contributed by atoms with Gasteiger partial charge in [-0.05, 0) is 38.9 Å². The molecule has 2 heterocycles. The lowest BCUT2D eigenvalue weighted by Crippen LogP contribution is -2.39. The predicted molar refractivity (Wildman–Crippen MR) is 73.8 cm³/mol. The molecule has 0 aliphatic carbocycles. The van der Waals surface area contributed by atoms with Gasteiger partial charge in [0.2, 0.25) is 0 Å². The topological polar surface area (TPSA) is 37.3 Å². The van der Waals surface area contributed by atoms with Gasteiger partial charge in [0.05, 0.1) is 0 Å². The van der Waals surface area contributed by atoms with E-state index in [1.54, 1.807) is 16.7 Å². The zero-order valence-electron chi connectivity index (χ0n) is 11.1. The molecule has 0 radical (unpaired) electrons. The maximum Gasteiger partial charge on any atom is 0.250 e. The smallest absolute Gasteiger partial charge is 0.250 e. The van der Waals surface area contributed by atoms with Crippen molar-refractivity contribution in [3.05, 3.63) is 34.7 Å². The lowest BCUT2D eigenvalue weighted by molar-refractivity contribution is 0.297. The van der Waals surface area contributed by atoms with Crippen molar-refractivity contribution in [2.45, 2.75) is 32.4 Å². The summed E-state index contributed by atoms with van der Waals surface area (Å²) in [6.07, 6.45) is 4.52. The number of nitrogens with one attached hydrogen (secondary N) is 1. The minimum absolute atomic E-state index is 0.0755. The predicted octanol–water partition coefficient (Wildman–Crippen LogP) is 0.922. The molecular formula is C14H23N3O. The van der Waals surface area contributed by atoms with E-state index in [9.17, 15) is 4.79 Å². The van der Waals surface area contributed by atoms with Gasteiger partial charge in [0.25, 0.3) is 5.56 Å². The van der Waals surface area contributed by atoms with Gasteiger partial charge >= 0.3 is 0 Å². The molecule has 1 fully saturated rings. The van der Waals surface area contributed by atoms with Gasteiger partial charge in [0, 0.05) is 37.9 Å². The molecule has 1 aliphatic heterocycles. The largest absolute Gasteiger partial charge is 0.314 e. The summed E-state index contributed by atoms with van der Waals surface area (Å²) in [7, 11) is 0. The summed E-state index contributed by atoms with van der Waals surface area (Å²) in [5, 5.41) is 3.48. The first-order valence-corrected chi connectivity index (χ1v) is 6.87. The van der Waals surface area contributed by atoms with Gasteiger partial charge in [-0.3, -0.25) is 4.79 Å².